The van der Waals surface area contributed by atoms with E-state index < -0.39 is 11.7 Å². The van der Waals surface area contributed by atoms with Crippen LogP contribution in [0.1, 0.15) is 10.4 Å². The molecule has 0 saturated carbocycles. The lowest BCUT2D eigenvalue weighted by molar-refractivity contribution is 0.0994. The summed E-state index contributed by atoms with van der Waals surface area (Å²) < 4.78 is 19.6. The molecular weight excluding hydrogens is 303 g/mol. The standard InChI is InChI=1S/C12H8BrFN2O2/c13-7-4-8(6-16-5-7)18-10-3-1-2-9(14)11(10)12(15)17/h1-6H,(H2,15,17). The number of carbonyl (C=O) groups excluding carboxylic acids is 1. The summed E-state index contributed by atoms with van der Waals surface area (Å²) in [6, 6.07) is 5.68. The van der Waals surface area contributed by atoms with Crippen LogP contribution < -0.4 is 10.5 Å². The Bertz CT molecular complexity index is 604. The van der Waals surface area contributed by atoms with Gasteiger partial charge in [0.05, 0.1) is 6.20 Å². The smallest absolute Gasteiger partial charge is 0.255 e. The molecule has 0 aliphatic heterocycles. The number of carbonyl (C=O) groups is 1. The Hall–Kier alpha value is -1.95. The Morgan fingerprint density at radius 2 is 2.17 bits per heavy atom. The molecule has 0 bridgehead atoms. The number of primary amides is 1. The Kier molecular flexibility index (Phi) is 3.57. The first-order valence-electron chi connectivity index (χ1n) is 4.94. The third-order valence-corrected chi connectivity index (χ3v) is 2.56. The summed E-state index contributed by atoms with van der Waals surface area (Å²) >= 11 is 3.23. The van der Waals surface area contributed by atoms with Crippen molar-refractivity contribution in [2.75, 3.05) is 0 Å². The summed E-state index contributed by atoms with van der Waals surface area (Å²) in [4.78, 5) is 15.1. The number of rotatable bonds is 3. The minimum Gasteiger partial charge on any atom is -0.455 e. The molecule has 1 aromatic carbocycles. The fourth-order valence-electron chi connectivity index (χ4n) is 1.40. The molecule has 0 aliphatic carbocycles. The molecule has 1 amide bonds. The summed E-state index contributed by atoms with van der Waals surface area (Å²) in [5, 5.41) is 0. The molecule has 2 rings (SSSR count). The molecule has 1 aromatic heterocycles. The summed E-state index contributed by atoms with van der Waals surface area (Å²) in [5.41, 5.74) is 4.84. The van der Waals surface area contributed by atoms with Crippen LogP contribution in [0.2, 0.25) is 0 Å². The van der Waals surface area contributed by atoms with Crippen LogP contribution in [0.15, 0.2) is 41.1 Å². The predicted molar refractivity (Wildman–Crippen MR) is 66.9 cm³/mol. The monoisotopic (exact) mass is 310 g/mol. The Morgan fingerprint density at radius 1 is 1.39 bits per heavy atom. The molecular formula is C12H8BrFN2O2. The number of nitrogens with zero attached hydrogens (tertiary/aromatic N) is 1. The quantitative estimate of drug-likeness (QED) is 0.948. The van der Waals surface area contributed by atoms with Crippen molar-refractivity contribution >= 4 is 21.8 Å². The molecule has 2 aromatic rings. The van der Waals surface area contributed by atoms with Gasteiger partial charge < -0.3 is 10.5 Å². The fraction of sp³-hybridized carbons (Fsp3) is 0. The molecule has 0 unspecified atom stereocenters. The Morgan fingerprint density at radius 3 is 2.83 bits per heavy atom. The van der Waals surface area contributed by atoms with E-state index in [1.807, 2.05) is 0 Å². The minimum absolute atomic E-state index is 0.0578. The molecule has 0 aliphatic rings. The minimum atomic E-state index is -0.883. The van der Waals surface area contributed by atoms with Crippen LogP contribution in [0.25, 0.3) is 0 Å². The highest BCUT2D eigenvalue weighted by Gasteiger charge is 2.15. The second-order valence-electron chi connectivity index (χ2n) is 3.42. The van der Waals surface area contributed by atoms with Gasteiger partial charge in [-0.25, -0.2) is 4.39 Å². The van der Waals surface area contributed by atoms with Crippen LogP contribution in [0.4, 0.5) is 4.39 Å². The van der Waals surface area contributed by atoms with Crippen molar-refractivity contribution in [3.8, 4) is 11.5 Å². The number of halogens is 2. The molecule has 0 fully saturated rings. The first-order valence-corrected chi connectivity index (χ1v) is 5.74. The summed E-state index contributed by atoms with van der Waals surface area (Å²) in [7, 11) is 0. The van der Waals surface area contributed by atoms with E-state index in [0.717, 1.165) is 6.07 Å². The number of pyridine rings is 1. The number of hydrogen-bond acceptors (Lipinski definition) is 3. The van der Waals surface area contributed by atoms with E-state index in [2.05, 4.69) is 20.9 Å². The lowest BCUT2D eigenvalue weighted by Gasteiger charge is -2.09. The molecule has 6 heteroatoms. The largest absolute Gasteiger partial charge is 0.455 e. The van der Waals surface area contributed by atoms with Crippen molar-refractivity contribution in [3.63, 3.8) is 0 Å². The van der Waals surface area contributed by atoms with Crippen molar-refractivity contribution in [2.45, 2.75) is 0 Å². The van der Waals surface area contributed by atoms with Gasteiger partial charge in [-0.2, -0.15) is 0 Å². The highest BCUT2D eigenvalue weighted by molar-refractivity contribution is 9.10. The van der Waals surface area contributed by atoms with Crippen molar-refractivity contribution in [2.24, 2.45) is 5.73 Å². The van der Waals surface area contributed by atoms with Crippen LogP contribution in [0.5, 0.6) is 11.5 Å². The number of aromatic nitrogens is 1. The van der Waals surface area contributed by atoms with Crippen LogP contribution in [0, 0.1) is 5.82 Å². The van der Waals surface area contributed by atoms with Crippen molar-refractivity contribution in [1.82, 2.24) is 4.98 Å². The Balaban J connectivity index is 2.40. The number of hydrogen-bond donors (Lipinski definition) is 1. The van der Waals surface area contributed by atoms with Gasteiger partial charge in [0.2, 0.25) is 0 Å². The first kappa shape index (κ1) is 12.5. The highest BCUT2D eigenvalue weighted by Crippen LogP contribution is 2.27. The van der Waals surface area contributed by atoms with Crippen molar-refractivity contribution in [1.29, 1.82) is 0 Å². The van der Waals surface area contributed by atoms with Gasteiger partial charge in [0.25, 0.3) is 5.91 Å². The van der Waals surface area contributed by atoms with Gasteiger partial charge >= 0.3 is 0 Å². The van der Waals surface area contributed by atoms with E-state index in [1.165, 1.54) is 18.3 Å². The molecule has 2 N–H and O–H groups in total. The van der Waals surface area contributed by atoms with E-state index in [-0.39, 0.29) is 11.3 Å². The highest BCUT2D eigenvalue weighted by atomic mass is 79.9. The third-order valence-electron chi connectivity index (χ3n) is 2.13. The van der Waals surface area contributed by atoms with Crippen LogP contribution >= 0.6 is 15.9 Å². The van der Waals surface area contributed by atoms with Gasteiger partial charge in [0, 0.05) is 10.7 Å². The van der Waals surface area contributed by atoms with Gasteiger partial charge in [0.1, 0.15) is 22.9 Å². The van der Waals surface area contributed by atoms with Gasteiger partial charge in [-0.15, -0.1) is 0 Å². The lowest BCUT2D eigenvalue weighted by Crippen LogP contribution is -2.14. The third kappa shape index (κ3) is 2.65. The summed E-state index contributed by atoms with van der Waals surface area (Å²) in [6.07, 6.45) is 3.02. The van der Waals surface area contributed by atoms with Gasteiger partial charge in [-0.1, -0.05) is 6.07 Å². The second-order valence-corrected chi connectivity index (χ2v) is 4.33. The van der Waals surface area contributed by atoms with Gasteiger partial charge in [-0.3, -0.25) is 9.78 Å². The van der Waals surface area contributed by atoms with E-state index in [9.17, 15) is 9.18 Å². The van der Waals surface area contributed by atoms with Crippen molar-refractivity contribution < 1.29 is 13.9 Å². The average Bonchev–Trinajstić information content (AvgIpc) is 2.28. The lowest BCUT2D eigenvalue weighted by atomic mass is 10.2. The fourth-order valence-corrected chi connectivity index (χ4v) is 1.75. The van der Waals surface area contributed by atoms with Crippen LogP contribution in [-0.2, 0) is 0 Å². The summed E-state index contributed by atoms with van der Waals surface area (Å²) in [5.74, 6) is -1.17. The summed E-state index contributed by atoms with van der Waals surface area (Å²) in [6.45, 7) is 0. The average molecular weight is 311 g/mol. The van der Waals surface area contributed by atoms with E-state index in [4.69, 9.17) is 10.5 Å². The molecule has 4 nitrogen and oxygen atoms in total. The second kappa shape index (κ2) is 5.14. The molecule has 18 heavy (non-hydrogen) atoms. The molecule has 0 radical (unpaired) electrons. The van der Waals surface area contributed by atoms with Gasteiger partial charge in [-0.05, 0) is 34.1 Å². The SMILES string of the molecule is NC(=O)c1c(F)cccc1Oc1cncc(Br)c1. The maximum atomic E-state index is 13.5. The molecule has 1 heterocycles. The number of nitrogens with two attached hydrogens (primary N) is 1. The maximum absolute atomic E-state index is 13.5. The van der Waals surface area contributed by atoms with Crippen LogP contribution in [-0.4, -0.2) is 10.9 Å². The molecule has 0 saturated heterocycles. The Labute approximate surface area is 111 Å². The molecule has 0 atom stereocenters. The number of ether oxygens (including phenoxy) is 1. The van der Waals surface area contributed by atoms with Gasteiger partial charge in [0.15, 0.2) is 0 Å². The van der Waals surface area contributed by atoms with E-state index in [1.54, 1.807) is 12.3 Å². The number of amides is 1. The zero-order chi connectivity index (χ0) is 13.1. The topological polar surface area (TPSA) is 65.2 Å². The first-order chi connectivity index (χ1) is 8.58. The van der Waals surface area contributed by atoms with Crippen molar-refractivity contribution in [3.05, 3.63) is 52.5 Å². The predicted octanol–water partition coefficient (Wildman–Crippen LogP) is 2.87. The zero-order valence-corrected chi connectivity index (χ0v) is 10.6. The van der Waals surface area contributed by atoms with E-state index in [0.29, 0.717) is 10.2 Å². The normalized spacial score (nSPS) is 10.1. The van der Waals surface area contributed by atoms with Crippen LogP contribution in [0.3, 0.4) is 0 Å². The molecule has 0 spiro atoms. The van der Waals surface area contributed by atoms with E-state index >= 15 is 0 Å². The molecule has 92 valence electrons. The maximum Gasteiger partial charge on any atom is 0.255 e. The number of benzene rings is 1. The zero-order valence-electron chi connectivity index (χ0n) is 9.06.